The summed E-state index contributed by atoms with van der Waals surface area (Å²) in [5, 5.41) is 15.1. The first-order valence-corrected chi connectivity index (χ1v) is 7.18. The molecule has 1 heterocycles. The maximum atomic E-state index is 11.8. The number of aliphatic hydroxyl groups is 1. The molecule has 0 aliphatic rings. The Labute approximate surface area is 129 Å². The molecule has 1 aromatic heterocycles. The van der Waals surface area contributed by atoms with E-state index in [2.05, 4.69) is 10.6 Å². The summed E-state index contributed by atoms with van der Waals surface area (Å²) in [6, 6.07) is 10.1. The lowest BCUT2D eigenvalue weighted by molar-refractivity contribution is 0.149. The number of carbonyl (C=O) groups excluding carboxylic acids is 1. The summed E-state index contributed by atoms with van der Waals surface area (Å²) in [5.74, 6) is 1.12. The zero-order valence-electron chi connectivity index (χ0n) is 12.4. The predicted octanol–water partition coefficient (Wildman–Crippen LogP) is 2.92. The van der Waals surface area contributed by atoms with Crippen LogP contribution in [0.25, 0.3) is 0 Å². The summed E-state index contributed by atoms with van der Waals surface area (Å²) in [7, 11) is 0. The molecule has 2 aromatic rings. The quantitative estimate of drug-likeness (QED) is 0.734. The predicted molar refractivity (Wildman–Crippen MR) is 82.9 cm³/mol. The number of benzene rings is 1. The second-order valence-corrected chi connectivity index (χ2v) is 4.74. The third-order valence-electron chi connectivity index (χ3n) is 2.89. The van der Waals surface area contributed by atoms with Crippen molar-refractivity contribution >= 4 is 11.7 Å². The van der Waals surface area contributed by atoms with Gasteiger partial charge in [0.15, 0.2) is 0 Å². The average Bonchev–Trinajstić information content (AvgIpc) is 3.05. The molecule has 0 fully saturated rings. The van der Waals surface area contributed by atoms with Crippen LogP contribution in [0.2, 0.25) is 0 Å². The van der Waals surface area contributed by atoms with Gasteiger partial charge in [-0.25, -0.2) is 4.79 Å². The van der Waals surface area contributed by atoms with Crippen LogP contribution in [0, 0.1) is 0 Å². The minimum atomic E-state index is -0.875. The first kappa shape index (κ1) is 15.9. The normalized spacial score (nSPS) is 11.7. The number of aliphatic hydroxyl groups excluding tert-OH is 1. The van der Waals surface area contributed by atoms with Gasteiger partial charge in [-0.2, -0.15) is 0 Å². The molecular weight excluding hydrogens is 284 g/mol. The van der Waals surface area contributed by atoms with Crippen LogP contribution in [0.5, 0.6) is 5.75 Å². The number of anilines is 1. The summed E-state index contributed by atoms with van der Waals surface area (Å²) in [4.78, 5) is 11.8. The fourth-order valence-corrected chi connectivity index (χ4v) is 1.83. The number of hydrogen-bond acceptors (Lipinski definition) is 4. The van der Waals surface area contributed by atoms with E-state index in [9.17, 15) is 9.90 Å². The highest BCUT2D eigenvalue weighted by Crippen LogP contribution is 2.17. The molecule has 0 radical (unpaired) electrons. The molecular formula is C16H20N2O4. The maximum absolute atomic E-state index is 11.8. The van der Waals surface area contributed by atoms with E-state index in [4.69, 9.17) is 9.15 Å². The van der Waals surface area contributed by atoms with Crippen molar-refractivity contribution in [3.05, 3.63) is 48.4 Å². The molecule has 2 amide bonds. The molecule has 1 unspecified atom stereocenters. The van der Waals surface area contributed by atoms with Gasteiger partial charge in [0.05, 0.1) is 19.4 Å². The fraction of sp³-hybridized carbons (Fsp3) is 0.312. The molecule has 3 N–H and O–H groups in total. The lowest BCUT2D eigenvalue weighted by atomic mass is 10.3. The Morgan fingerprint density at radius 2 is 2.23 bits per heavy atom. The van der Waals surface area contributed by atoms with Gasteiger partial charge in [0.1, 0.15) is 17.6 Å². The minimum absolute atomic E-state index is 0.0609. The highest BCUT2D eigenvalue weighted by molar-refractivity contribution is 5.89. The monoisotopic (exact) mass is 304 g/mol. The van der Waals surface area contributed by atoms with E-state index in [0.717, 1.165) is 6.42 Å². The molecule has 0 bridgehead atoms. The number of furan rings is 1. The highest BCUT2D eigenvalue weighted by atomic mass is 16.5. The van der Waals surface area contributed by atoms with Crippen molar-refractivity contribution in [3.8, 4) is 5.75 Å². The highest BCUT2D eigenvalue weighted by Gasteiger charge is 2.11. The number of carbonyl (C=O) groups is 1. The van der Waals surface area contributed by atoms with E-state index in [1.54, 1.807) is 30.3 Å². The van der Waals surface area contributed by atoms with Gasteiger partial charge in [0, 0.05) is 11.8 Å². The van der Waals surface area contributed by atoms with Crippen molar-refractivity contribution in [2.45, 2.75) is 19.4 Å². The van der Waals surface area contributed by atoms with Crippen LogP contribution in [0.4, 0.5) is 10.5 Å². The third-order valence-corrected chi connectivity index (χ3v) is 2.89. The number of ether oxygens (including phenoxy) is 1. The van der Waals surface area contributed by atoms with Gasteiger partial charge in [-0.1, -0.05) is 13.0 Å². The molecule has 0 saturated carbocycles. The van der Waals surface area contributed by atoms with Gasteiger partial charge >= 0.3 is 6.03 Å². The van der Waals surface area contributed by atoms with E-state index in [-0.39, 0.29) is 6.54 Å². The van der Waals surface area contributed by atoms with Crippen molar-refractivity contribution in [1.82, 2.24) is 5.32 Å². The summed E-state index contributed by atoms with van der Waals surface area (Å²) in [6.07, 6.45) is 1.52. The van der Waals surface area contributed by atoms with Crippen LogP contribution in [-0.4, -0.2) is 24.3 Å². The first-order chi connectivity index (χ1) is 10.7. The van der Waals surface area contributed by atoms with Gasteiger partial charge in [0.25, 0.3) is 0 Å². The van der Waals surface area contributed by atoms with E-state index >= 15 is 0 Å². The van der Waals surface area contributed by atoms with Crippen LogP contribution in [0.15, 0.2) is 47.1 Å². The number of amides is 2. The van der Waals surface area contributed by atoms with Crippen LogP contribution >= 0.6 is 0 Å². The summed E-state index contributed by atoms with van der Waals surface area (Å²) >= 11 is 0. The Bertz CT molecular complexity index is 584. The Kier molecular flexibility index (Phi) is 5.85. The molecule has 0 aliphatic heterocycles. The minimum Gasteiger partial charge on any atom is -0.494 e. The molecule has 118 valence electrons. The maximum Gasteiger partial charge on any atom is 0.319 e. The van der Waals surface area contributed by atoms with E-state index < -0.39 is 12.1 Å². The molecule has 0 spiro atoms. The number of urea groups is 1. The summed E-state index contributed by atoms with van der Waals surface area (Å²) in [6.45, 7) is 2.72. The van der Waals surface area contributed by atoms with Gasteiger partial charge in [0.2, 0.25) is 0 Å². The lowest BCUT2D eigenvalue weighted by Crippen LogP contribution is -2.32. The standard InChI is InChI=1S/C16H20N2O4/c1-2-8-21-13-6-3-5-12(10-13)18-16(20)17-11-14(19)15-7-4-9-22-15/h3-7,9-10,14,19H,2,8,11H2,1H3,(H2,17,18,20). The molecule has 1 aromatic carbocycles. The van der Waals surface area contributed by atoms with E-state index in [0.29, 0.717) is 23.8 Å². The van der Waals surface area contributed by atoms with Crippen LogP contribution in [0.3, 0.4) is 0 Å². The molecule has 6 heteroatoms. The lowest BCUT2D eigenvalue weighted by Gasteiger charge is -2.11. The van der Waals surface area contributed by atoms with Crippen molar-refractivity contribution in [1.29, 1.82) is 0 Å². The molecule has 0 saturated heterocycles. The topological polar surface area (TPSA) is 83.7 Å². The van der Waals surface area contributed by atoms with Crippen molar-refractivity contribution in [3.63, 3.8) is 0 Å². The third kappa shape index (κ3) is 4.82. The molecule has 0 aliphatic carbocycles. The number of rotatable bonds is 7. The first-order valence-electron chi connectivity index (χ1n) is 7.18. The largest absolute Gasteiger partial charge is 0.494 e. The van der Waals surface area contributed by atoms with E-state index in [1.165, 1.54) is 6.26 Å². The number of hydrogen-bond donors (Lipinski definition) is 3. The van der Waals surface area contributed by atoms with Gasteiger partial charge < -0.3 is 24.9 Å². The Balaban J connectivity index is 1.81. The molecule has 6 nitrogen and oxygen atoms in total. The SMILES string of the molecule is CCCOc1cccc(NC(=O)NCC(O)c2ccco2)c1. The smallest absolute Gasteiger partial charge is 0.319 e. The Morgan fingerprint density at radius 1 is 1.36 bits per heavy atom. The second-order valence-electron chi connectivity index (χ2n) is 4.74. The summed E-state index contributed by atoms with van der Waals surface area (Å²) in [5.41, 5.74) is 0.624. The van der Waals surface area contributed by atoms with Gasteiger partial charge in [-0.15, -0.1) is 0 Å². The zero-order valence-corrected chi connectivity index (χ0v) is 12.4. The van der Waals surface area contributed by atoms with Crippen LogP contribution in [-0.2, 0) is 0 Å². The van der Waals surface area contributed by atoms with Crippen molar-refractivity contribution in [2.75, 3.05) is 18.5 Å². The fourth-order valence-electron chi connectivity index (χ4n) is 1.83. The van der Waals surface area contributed by atoms with Crippen molar-refractivity contribution < 1.29 is 19.1 Å². The van der Waals surface area contributed by atoms with Crippen LogP contribution in [0.1, 0.15) is 25.2 Å². The van der Waals surface area contributed by atoms with E-state index in [1.807, 2.05) is 13.0 Å². The molecule has 1 atom stereocenters. The Morgan fingerprint density at radius 3 is 2.95 bits per heavy atom. The average molecular weight is 304 g/mol. The van der Waals surface area contributed by atoms with Crippen LogP contribution < -0.4 is 15.4 Å². The molecule has 2 rings (SSSR count). The number of nitrogens with one attached hydrogen (secondary N) is 2. The second kappa shape index (κ2) is 8.09. The zero-order chi connectivity index (χ0) is 15.8. The van der Waals surface area contributed by atoms with Gasteiger partial charge in [-0.3, -0.25) is 0 Å². The summed E-state index contributed by atoms with van der Waals surface area (Å²) < 4.78 is 10.6. The van der Waals surface area contributed by atoms with Gasteiger partial charge in [-0.05, 0) is 30.7 Å². The van der Waals surface area contributed by atoms with Crippen molar-refractivity contribution in [2.24, 2.45) is 0 Å². The molecule has 22 heavy (non-hydrogen) atoms. The Hall–Kier alpha value is -2.47.